The van der Waals surface area contributed by atoms with Crippen LogP contribution in [0.2, 0.25) is 0 Å². The number of aromatic nitrogens is 1. The molecule has 0 unspecified atom stereocenters. The molecule has 1 fully saturated rings. The summed E-state index contributed by atoms with van der Waals surface area (Å²) in [5.74, 6) is 0.191. The van der Waals surface area contributed by atoms with E-state index in [1.165, 1.54) is 11.3 Å². The number of hydrogen-bond donors (Lipinski definition) is 2. The molecule has 1 aliphatic heterocycles. The normalized spacial score (nSPS) is 14.2. The molecule has 2 N–H and O–H groups in total. The maximum Gasteiger partial charge on any atom is 0.321 e. The molecular formula is C16H18N4O2S. The Labute approximate surface area is 138 Å². The monoisotopic (exact) mass is 330 g/mol. The molecule has 3 rings (SSSR count). The summed E-state index contributed by atoms with van der Waals surface area (Å²) < 4.78 is 0. The van der Waals surface area contributed by atoms with Gasteiger partial charge >= 0.3 is 6.03 Å². The highest BCUT2D eigenvalue weighted by atomic mass is 32.1. The van der Waals surface area contributed by atoms with Crippen molar-refractivity contribution in [3.05, 3.63) is 40.9 Å². The third kappa shape index (κ3) is 3.34. The second kappa shape index (κ2) is 6.37. The standard InChI is InChI=1S/C16H18N4O2S/c1-10(2)13-9-18-15(23-13)19-14(21)11-3-5-12(6-4-11)20-8-7-17-16(20)22/h3-6,9-10H,7-8H2,1-2H3,(H,17,22)(H,18,19,21). The van der Waals surface area contributed by atoms with E-state index in [2.05, 4.69) is 29.5 Å². The number of carbonyl (C=O) groups excluding carboxylic acids is 2. The van der Waals surface area contributed by atoms with Gasteiger partial charge in [0, 0.05) is 35.4 Å². The van der Waals surface area contributed by atoms with Crippen LogP contribution in [0, 0.1) is 0 Å². The molecule has 120 valence electrons. The smallest absolute Gasteiger partial charge is 0.321 e. The Balaban J connectivity index is 1.68. The molecule has 0 spiro atoms. The molecule has 1 aromatic carbocycles. The number of urea groups is 1. The lowest BCUT2D eigenvalue weighted by Gasteiger charge is -2.14. The fourth-order valence-electron chi connectivity index (χ4n) is 2.29. The third-order valence-corrected chi connectivity index (χ3v) is 4.82. The van der Waals surface area contributed by atoms with E-state index < -0.39 is 0 Å². The molecule has 23 heavy (non-hydrogen) atoms. The van der Waals surface area contributed by atoms with E-state index in [4.69, 9.17) is 0 Å². The summed E-state index contributed by atoms with van der Waals surface area (Å²) in [6.07, 6.45) is 1.79. The van der Waals surface area contributed by atoms with E-state index in [1.54, 1.807) is 35.4 Å². The van der Waals surface area contributed by atoms with Gasteiger partial charge < -0.3 is 5.32 Å². The van der Waals surface area contributed by atoms with Crippen LogP contribution in [0.1, 0.15) is 35.0 Å². The minimum atomic E-state index is -0.202. The van der Waals surface area contributed by atoms with Gasteiger partial charge in [0.15, 0.2) is 5.13 Å². The van der Waals surface area contributed by atoms with Crippen LogP contribution in [-0.2, 0) is 0 Å². The molecule has 0 radical (unpaired) electrons. The molecule has 7 heteroatoms. The van der Waals surface area contributed by atoms with Gasteiger partial charge in [-0.2, -0.15) is 0 Å². The summed E-state index contributed by atoms with van der Waals surface area (Å²) in [7, 11) is 0. The first-order valence-corrected chi connectivity index (χ1v) is 8.29. The number of rotatable bonds is 4. The van der Waals surface area contributed by atoms with Crippen molar-refractivity contribution >= 4 is 34.1 Å². The summed E-state index contributed by atoms with van der Waals surface area (Å²) in [5, 5.41) is 6.16. The van der Waals surface area contributed by atoms with Gasteiger partial charge in [-0.1, -0.05) is 13.8 Å². The molecule has 2 heterocycles. The third-order valence-electron chi connectivity index (χ3n) is 3.61. The minimum Gasteiger partial charge on any atom is -0.336 e. The van der Waals surface area contributed by atoms with Crippen LogP contribution in [0.5, 0.6) is 0 Å². The predicted molar refractivity (Wildman–Crippen MR) is 91.3 cm³/mol. The topological polar surface area (TPSA) is 74.3 Å². The van der Waals surface area contributed by atoms with Crippen molar-refractivity contribution in [2.75, 3.05) is 23.3 Å². The SMILES string of the molecule is CC(C)c1cnc(NC(=O)c2ccc(N3CCNC3=O)cc2)s1. The first-order chi connectivity index (χ1) is 11.0. The van der Waals surface area contributed by atoms with Crippen molar-refractivity contribution in [1.29, 1.82) is 0 Å². The minimum absolute atomic E-state index is 0.105. The number of carbonyl (C=O) groups is 2. The summed E-state index contributed by atoms with van der Waals surface area (Å²) in [6.45, 7) is 5.46. The molecule has 0 saturated carbocycles. The molecule has 1 aromatic heterocycles. The lowest BCUT2D eigenvalue weighted by molar-refractivity contribution is 0.102. The average molecular weight is 330 g/mol. The Bertz CT molecular complexity index is 724. The van der Waals surface area contributed by atoms with Crippen molar-refractivity contribution in [2.45, 2.75) is 19.8 Å². The molecule has 2 aromatic rings. The summed E-state index contributed by atoms with van der Waals surface area (Å²) in [6, 6.07) is 6.88. The van der Waals surface area contributed by atoms with Crippen molar-refractivity contribution in [2.24, 2.45) is 0 Å². The predicted octanol–water partition coefficient (Wildman–Crippen LogP) is 3.05. The van der Waals surface area contributed by atoms with Gasteiger partial charge in [0.2, 0.25) is 0 Å². The van der Waals surface area contributed by atoms with Crippen molar-refractivity contribution in [1.82, 2.24) is 10.3 Å². The maximum absolute atomic E-state index is 12.3. The maximum atomic E-state index is 12.3. The first kappa shape index (κ1) is 15.5. The van der Waals surface area contributed by atoms with E-state index >= 15 is 0 Å². The molecule has 1 aliphatic rings. The van der Waals surface area contributed by atoms with Crippen LogP contribution in [0.3, 0.4) is 0 Å². The highest BCUT2D eigenvalue weighted by molar-refractivity contribution is 7.15. The molecule has 0 bridgehead atoms. The van der Waals surface area contributed by atoms with Crippen LogP contribution < -0.4 is 15.5 Å². The summed E-state index contributed by atoms with van der Waals surface area (Å²) >= 11 is 1.48. The van der Waals surface area contributed by atoms with Crippen molar-refractivity contribution in [3.63, 3.8) is 0 Å². The Morgan fingerprint density at radius 1 is 1.35 bits per heavy atom. The largest absolute Gasteiger partial charge is 0.336 e. The lowest BCUT2D eigenvalue weighted by Crippen LogP contribution is -2.27. The van der Waals surface area contributed by atoms with Gasteiger partial charge in [-0.3, -0.25) is 15.0 Å². The number of amides is 3. The number of nitrogens with one attached hydrogen (secondary N) is 2. The Morgan fingerprint density at radius 2 is 2.09 bits per heavy atom. The highest BCUT2D eigenvalue weighted by Crippen LogP contribution is 2.25. The molecular weight excluding hydrogens is 312 g/mol. The van der Waals surface area contributed by atoms with Gasteiger partial charge in [0.25, 0.3) is 5.91 Å². The molecule has 0 aliphatic carbocycles. The van der Waals surface area contributed by atoms with Gasteiger partial charge in [-0.05, 0) is 30.2 Å². The van der Waals surface area contributed by atoms with E-state index in [0.717, 1.165) is 10.6 Å². The Kier molecular flexibility index (Phi) is 4.29. The fraction of sp³-hybridized carbons (Fsp3) is 0.312. The fourth-order valence-corrected chi connectivity index (χ4v) is 3.10. The van der Waals surface area contributed by atoms with Crippen LogP contribution in [0.15, 0.2) is 30.5 Å². The summed E-state index contributed by atoms with van der Waals surface area (Å²) in [4.78, 5) is 30.9. The van der Waals surface area contributed by atoms with E-state index in [1.807, 2.05) is 0 Å². The zero-order chi connectivity index (χ0) is 16.4. The second-order valence-electron chi connectivity index (χ2n) is 5.61. The molecule has 1 saturated heterocycles. The number of nitrogens with zero attached hydrogens (tertiary/aromatic N) is 2. The van der Waals surface area contributed by atoms with E-state index in [0.29, 0.717) is 29.7 Å². The molecule has 3 amide bonds. The van der Waals surface area contributed by atoms with Crippen LogP contribution in [-0.4, -0.2) is 30.0 Å². The van der Waals surface area contributed by atoms with E-state index in [9.17, 15) is 9.59 Å². The average Bonchev–Trinajstić information content (AvgIpc) is 3.16. The zero-order valence-electron chi connectivity index (χ0n) is 13.0. The van der Waals surface area contributed by atoms with Crippen LogP contribution >= 0.6 is 11.3 Å². The Morgan fingerprint density at radius 3 is 2.65 bits per heavy atom. The first-order valence-electron chi connectivity index (χ1n) is 7.47. The number of benzene rings is 1. The van der Waals surface area contributed by atoms with Gasteiger partial charge in [-0.25, -0.2) is 9.78 Å². The van der Waals surface area contributed by atoms with Gasteiger partial charge in [-0.15, -0.1) is 11.3 Å². The second-order valence-corrected chi connectivity index (χ2v) is 6.67. The summed E-state index contributed by atoms with van der Waals surface area (Å²) in [5.41, 5.74) is 1.32. The number of hydrogen-bond acceptors (Lipinski definition) is 4. The van der Waals surface area contributed by atoms with Crippen LogP contribution in [0.25, 0.3) is 0 Å². The van der Waals surface area contributed by atoms with Crippen molar-refractivity contribution in [3.8, 4) is 0 Å². The Hall–Kier alpha value is -2.41. The zero-order valence-corrected chi connectivity index (χ0v) is 13.8. The van der Waals surface area contributed by atoms with E-state index in [-0.39, 0.29) is 11.9 Å². The number of anilines is 2. The van der Waals surface area contributed by atoms with Gasteiger partial charge in [0.1, 0.15) is 0 Å². The lowest BCUT2D eigenvalue weighted by atomic mass is 10.2. The molecule has 6 nitrogen and oxygen atoms in total. The highest BCUT2D eigenvalue weighted by Gasteiger charge is 2.21. The number of thiazole rings is 1. The van der Waals surface area contributed by atoms with Crippen LogP contribution in [0.4, 0.5) is 15.6 Å². The molecule has 0 atom stereocenters. The van der Waals surface area contributed by atoms with Crippen molar-refractivity contribution < 1.29 is 9.59 Å². The van der Waals surface area contributed by atoms with Gasteiger partial charge in [0.05, 0.1) is 0 Å². The quantitative estimate of drug-likeness (QED) is 0.905.